The minimum atomic E-state index is -0.839. The van der Waals surface area contributed by atoms with Crippen molar-refractivity contribution in [1.29, 1.82) is 0 Å². The van der Waals surface area contributed by atoms with Crippen molar-refractivity contribution in [3.05, 3.63) is 52.7 Å². The quantitative estimate of drug-likeness (QED) is 0.602. The molecule has 0 unspecified atom stereocenters. The number of aromatic nitrogens is 1. The summed E-state index contributed by atoms with van der Waals surface area (Å²) in [4.78, 5) is 26.7. The summed E-state index contributed by atoms with van der Waals surface area (Å²) in [6.07, 6.45) is 1.95. The average Bonchev–Trinajstić information content (AvgIpc) is 2.66. The fourth-order valence-corrected chi connectivity index (χ4v) is 2.41. The first-order valence-electron chi connectivity index (χ1n) is 8.49. The average molecular weight is 393 g/mol. The Morgan fingerprint density at radius 1 is 1.22 bits per heavy atom. The minimum Gasteiger partial charge on any atom is -0.494 e. The molecular formula is C19H21ClN2O5. The van der Waals surface area contributed by atoms with Gasteiger partial charge in [0, 0.05) is 19.2 Å². The maximum absolute atomic E-state index is 12.2. The Morgan fingerprint density at radius 2 is 1.96 bits per heavy atom. The van der Waals surface area contributed by atoms with Gasteiger partial charge in [0.05, 0.1) is 18.8 Å². The molecule has 2 N–H and O–H groups in total. The van der Waals surface area contributed by atoms with Gasteiger partial charge in [0.1, 0.15) is 10.8 Å². The van der Waals surface area contributed by atoms with Crippen LogP contribution in [0.5, 0.6) is 11.6 Å². The number of halogens is 1. The molecule has 1 heterocycles. The molecule has 1 amide bonds. The maximum Gasteiger partial charge on any atom is 0.303 e. The lowest BCUT2D eigenvalue weighted by Gasteiger charge is -2.09. The summed E-state index contributed by atoms with van der Waals surface area (Å²) in [7, 11) is 0. The Labute approximate surface area is 162 Å². The number of nitrogens with one attached hydrogen (secondary N) is 1. The van der Waals surface area contributed by atoms with Gasteiger partial charge in [0.15, 0.2) is 0 Å². The molecule has 0 aliphatic heterocycles. The first-order valence-corrected chi connectivity index (χ1v) is 8.87. The summed E-state index contributed by atoms with van der Waals surface area (Å²) in [6.45, 7) is 2.94. The van der Waals surface area contributed by atoms with Crippen LogP contribution < -0.4 is 14.8 Å². The summed E-state index contributed by atoms with van der Waals surface area (Å²) in [6, 6.07) is 8.73. The van der Waals surface area contributed by atoms with E-state index in [4.69, 9.17) is 26.2 Å². The number of rotatable bonds is 10. The Morgan fingerprint density at radius 3 is 2.59 bits per heavy atom. The van der Waals surface area contributed by atoms with E-state index < -0.39 is 5.97 Å². The lowest BCUT2D eigenvalue weighted by Crippen LogP contribution is -2.23. The lowest BCUT2D eigenvalue weighted by atomic mass is 10.2. The molecule has 0 radical (unpaired) electrons. The van der Waals surface area contributed by atoms with Gasteiger partial charge in [-0.25, -0.2) is 4.98 Å². The van der Waals surface area contributed by atoms with Gasteiger partial charge in [-0.3, -0.25) is 9.59 Å². The van der Waals surface area contributed by atoms with Crippen LogP contribution in [0.2, 0.25) is 5.02 Å². The van der Waals surface area contributed by atoms with Crippen molar-refractivity contribution in [3.63, 3.8) is 0 Å². The standard InChI is InChI=1S/C19H21ClN2O5/c1-2-26-19-16(20)10-14(12-22-19)18(25)21-11-13-5-7-15(8-6-13)27-9-3-4-17(23)24/h5-8,10,12H,2-4,9,11H2,1H3,(H,21,25)(H,23,24). The van der Waals surface area contributed by atoms with Crippen molar-refractivity contribution in [2.45, 2.75) is 26.3 Å². The highest BCUT2D eigenvalue weighted by Gasteiger charge is 2.10. The molecule has 2 rings (SSSR count). The van der Waals surface area contributed by atoms with Crippen LogP contribution in [0.15, 0.2) is 36.5 Å². The van der Waals surface area contributed by atoms with Crippen LogP contribution in [0.25, 0.3) is 0 Å². The first-order chi connectivity index (χ1) is 13.0. The van der Waals surface area contributed by atoms with Crippen LogP contribution in [0.1, 0.15) is 35.7 Å². The van der Waals surface area contributed by atoms with Crippen LogP contribution in [-0.4, -0.2) is 35.2 Å². The number of aliphatic carboxylic acids is 1. The number of ether oxygens (including phenoxy) is 2. The zero-order chi connectivity index (χ0) is 19.6. The van der Waals surface area contributed by atoms with Crippen molar-refractivity contribution in [3.8, 4) is 11.6 Å². The number of carbonyl (C=O) groups is 2. The number of benzene rings is 1. The smallest absolute Gasteiger partial charge is 0.303 e. The van der Waals surface area contributed by atoms with Crippen LogP contribution in [0, 0.1) is 0 Å². The summed E-state index contributed by atoms with van der Waals surface area (Å²) in [5.74, 6) is -0.178. The molecule has 0 atom stereocenters. The number of carboxylic acids is 1. The van der Waals surface area contributed by atoms with Crippen LogP contribution in [0.4, 0.5) is 0 Å². The van der Waals surface area contributed by atoms with Gasteiger partial charge in [-0.15, -0.1) is 0 Å². The van der Waals surface area contributed by atoms with Crippen molar-refractivity contribution >= 4 is 23.5 Å². The van der Waals surface area contributed by atoms with Crippen LogP contribution in [-0.2, 0) is 11.3 Å². The van der Waals surface area contributed by atoms with E-state index in [0.29, 0.717) is 43.4 Å². The van der Waals surface area contributed by atoms with Crippen molar-refractivity contribution in [2.24, 2.45) is 0 Å². The monoisotopic (exact) mass is 392 g/mol. The van der Waals surface area contributed by atoms with Crippen molar-refractivity contribution in [1.82, 2.24) is 10.3 Å². The summed E-state index contributed by atoms with van der Waals surface area (Å²) in [5, 5.41) is 11.7. The summed E-state index contributed by atoms with van der Waals surface area (Å²) >= 11 is 6.04. The second kappa shape index (κ2) is 10.4. The molecule has 0 aliphatic carbocycles. The third-order valence-corrected chi connectivity index (χ3v) is 3.80. The molecule has 0 fully saturated rings. The number of nitrogens with zero attached hydrogens (tertiary/aromatic N) is 1. The van der Waals surface area contributed by atoms with E-state index in [9.17, 15) is 9.59 Å². The molecule has 27 heavy (non-hydrogen) atoms. The molecule has 0 bridgehead atoms. The van der Waals surface area contributed by atoms with Gasteiger partial charge < -0.3 is 19.9 Å². The summed E-state index contributed by atoms with van der Waals surface area (Å²) < 4.78 is 10.7. The molecule has 8 heteroatoms. The Hall–Kier alpha value is -2.80. The number of carbonyl (C=O) groups excluding carboxylic acids is 1. The van der Waals surface area contributed by atoms with Gasteiger partial charge in [-0.1, -0.05) is 23.7 Å². The highest BCUT2D eigenvalue weighted by molar-refractivity contribution is 6.32. The Balaban J connectivity index is 1.82. The fourth-order valence-electron chi connectivity index (χ4n) is 2.19. The van der Waals surface area contributed by atoms with E-state index in [1.807, 2.05) is 19.1 Å². The Kier molecular flexibility index (Phi) is 7.88. The highest BCUT2D eigenvalue weighted by atomic mass is 35.5. The van der Waals surface area contributed by atoms with Gasteiger partial charge in [-0.05, 0) is 37.1 Å². The number of amides is 1. The molecular weight excluding hydrogens is 372 g/mol. The number of hydrogen-bond donors (Lipinski definition) is 2. The van der Waals surface area contributed by atoms with E-state index in [1.165, 1.54) is 12.3 Å². The molecule has 0 saturated carbocycles. The van der Waals surface area contributed by atoms with Crippen molar-refractivity contribution in [2.75, 3.05) is 13.2 Å². The second-order valence-electron chi connectivity index (χ2n) is 5.62. The summed E-state index contributed by atoms with van der Waals surface area (Å²) in [5.41, 5.74) is 1.24. The minimum absolute atomic E-state index is 0.0779. The topological polar surface area (TPSA) is 97.8 Å². The Bertz CT molecular complexity index is 780. The maximum atomic E-state index is 12.2. The SMILES string of the molecule is CCOc1ncc(C(=O)NCc2ccc(OCCCC(=O)O)cc2)cc1Cl. The van der Waals surface area contributed by atoms with E-state index in [-0.39, 0.29) is 17.4 Å². The van der Waals surface area contributed by atoms with Gasteiger partial charge in [0.2, 0.25) is 5.88 Å². The first kappa shape index (κ1) is 20.5. The zero-order valence-electron chi connectivity index (χ0n) is 14.9. The van der Waals surface area contributed by atoms with E-state index in [0.717, 1.165) is 5.56 Å². The van der Waals surface area contributed by atoms with E-state index >= 15 is 0 Å². The van der Waals surface area contributed by atoms with E-state index in [2.05, 4.69) is 10.3 Å². The van der Waals surface area contributed by atoms with Gasteiger partial charge >= 0.3 is 5.97 Å². The predicted molar refractivity (Wildman–Crippen MR) is 100 cm³/mol. The molecule has 0 saturated heterocycles. The number of carboxylic acid groups (broad SMARTS) is 1. The van der Waals surface area contributed by atoms with E-state index in [1.54, 1.807) is 12.1 Å². The highest BCUT2D eigenvalue weighted by Crippen LogP contribution is 2.22. The van der Waals surface area contributed by atoms with Crippen LogP contribution >= 0.6 is 11.6 Å². The van der Waals surface area contributed by atoms with Gasteiger partial charge in [0.25, 0.3) is 5.91 Å². The zero-order valence-corrected chi connectivity index (χ0v) is 15.7. The molecule has 0 spiro atoms. The molecule has 2 aromatic rings. The fraction of sp³-hybridized carbons (Fsp3) is 0.316. The molecule has 7 nitrogen and oxygen atoms in total. The van der Waals surface area contributed by atoms with Crippen LogP contribution in [0.3, 0.4) is 0 Å². The second-order valence-corrected chi connectivity index (χ2v) is 6.02. The molecule has 1 aromatic carbocycles. The van der Waals surface area contributed by atoms with Crippen molar-refractivity contribution < 1.29 is 24.2 Å². The number of hydrogen-bond acceptors (Lipinski definition) is 5. The third-order valence-electron chi connectivity index (χ3n) is 3.53. The lowest BCUT2D eigenvalue weighted by molar-refractivity contribution is -0.137. The molecule has 1 aromatic heterocycles. The largest absolute Gasteiger partial charge is 0.494 e. The third kappa shape index (κ3) is 6.79. The number of pyridine rings is 1. The van der Waals surface area contributed by atoms with Gasteiger partial charge in [-0.2, -0.15) is 0 Å². The predicted octanol–water partition coefficient (Wildman–Crippen LogP) is 3.31. The molecule has 0 aliphatic rings. The normalized spacial score (nSPS) is 10.3. The molecule has 144 valence electrons.